The summed E-state index contributed by atoms with van der Waals surface area (Å²) in [7, 11) is 0. The quantitative estimate of drug-likeness (QED) is 0.188. The van der Waals surface area contributed by atoms with Gasteiger partial charge in [0.05, 0.1) is 16.7 Å². The number of nitrogens with zero attached hydrogens (tertiary/aromatic N) is 4. The zero-order chi connectivity index (χ0) is 33.0. The van der Waals surface area contributed by atoms with Gasteiger partial charge in [0.1, 0.15) is 0 Å². The Hall–Kier alpha value is -6.78. The minimum Gasteiger partial charge on any atom is -0.278 e. The number of fused-ring (bicyclic) bond motifs is 5. The summed E-state index contributed by atoms with van der Waals surface area (Å²) in [6.07, 6.45) is 0. The minimum absolute atomic E-state index is 0.745. The standard InChI is InChI=1S/C46H30N4/c1-3-11-36-29-38(23-19-31(36)9-1)33-17-21-35(22-18-33)45-47-48-46(50-43-15-7-5-13-41(43)42-14-6-8-16-44(42)50)49(45)40-27-25-34(26-28-40)39-24-20-32-10-2-4-12-37(32)30-39/h1-30H. The topological polar surface area (TPSA) is 35.6 Å². The van der Waals surface area contributed by atoms with E-state index < -0.39 is 0 Å². The third-order valence-corrected chi connectivity index (χ3v) is 9.86. The molecule has 2 heterocycles. The summed E-state index contributed by atoms with van der Waals surface area (Å²) < 4.78 is 4.43. The van der Waals surface area contributed by atoms with E-state index >= 15 is 0 Å². The van der Waals surface area contributed by atoms with E-state index in [0.717, 1.165) is 45.2 Å². The van der Waals surface area contributed by atoms with Gasteiger partial charge in [0.15, 0.2) is 5.82 Å². The summed E-state index contributed by atoms with van der Waals surface area (Å²) in [6.45, 7) is 0. The Morgan fingerprint density at radius 3 is 1.32 bits per heavy atom. The van der Waals surface area contributed by atoms with Gasteiger partial charge in [-0.2, -0.15) is 0 Å². The first-order chi connectivity index (χ1) is 24.8. The zero-order valence-corrected chi connectivity index (χ0v) is 27.1. The lowest BCUT2D eigenvalue weighted by atomic mass is 10.00. The fourth-order valence-electron chi connectivity index (χ4n) is 7.34. The Morgan fingerprint density at radius 1 is 0.320 bits per heavy atom. The molecule has 0 unspecified atom stereocenters. The summed E-state index contributed by atoms with van der Waals surface area (Å²) >= 11 is 0. The highest BCUT2D eigenvalue weighted by molar-refractivity contribution is 6.09. The number of aromatic nitrogens is 4. The Morgan fingerprint density at radius 2 is 0.760 bits per heavy atom. The molecule has 50 heavy (non-hydrogen) atoms. The first kappa shape index (κ1) is 28.3. The van der Waals surface area contributed by atoms with Crippen LogP contribution in [0.1, 0.15) is 0 Å². The molecule has 0 aliphatic heterocycles. The molecule has 234 valence electrons. The van der Waals surface area contributed by atoms with Crippen LogP contribution in [0.2, 0.25) is 0 Å². The largest absolute Gasteiger partial charge is 0.278 e. The van der Waals surface area contributed by atoms with Gasteiger partial charge in [0.25, 0.3) is 0 Å². The van der Waals surface area contributed by atoms with Crippen molar-refractivity contribution in [2.75, 3.05) is 0 Å². The predicted octanol–water partition coefficient (Wildman–Crippen LogP) is 11.7. The maximum atomic E-state index is 4.92. The molecular weight excluding hydrogens is 609 g/mol. The summed E-state index contributed by atoms with van der Waals surface area (Å²) in [5.74, 6) is 1.53. The summed E-state index contributed by atoms with van der Waals surface area (Å²) in [6, 6.07) is 64.7. The third kappa shape index (κ3) is 4.61. The molecule has 4 nitrogen and oxygen atoms in total. The fourth-order valence-corrected chi connectivity index (χ4v) is 7.34. The summed E-state index contributed by atoms with van der Waals surface area (Å²) in [5.41, 5.74) is 8.86. The second kappa shape index (κ2) is 11.4. The lowest BCUT2D eigenvalue weighted by Gasteiger charge is -2.14. The molecule has 0 aliphatic carbocycles. The van der Waals surface area contributed by atoms with E-state index in [9.17, 15) is 0 Å². The molecule has 0 saturated heterocycles. The maximum absolute atomic E-state index is 4.92. The van der Waals surface area contributed by atoms with Crippen LogP contribution in [0.5, 0.6) is 0 Å². The van der Waals surface area contributed by atoms with Crippen molar-refractivity contribution in [3.8, 4) is 45.3 Å². The van der Waals surface area contributed by atoms with Crippen molar-refractivity contribution in [1.29, 1.82) is 0 Å². The van der Waals surface area contributed by atoms with Crippen molar-refractivity contribution in [2.24, 2.45) is 0 Å². The Labute approximate surface area is 289 Å². The van der Waals surface area contributed by atoms with E-state index in [1.54, 1.807) is 0 Å². The number of rotatable bonds is 5. The van der Waals surface area contributed by atoms with E-state index in [4.69, 9.17) is 10.2 Å². The monoisotopic (exact) mass is 638 g/mol. The molecule has 0 fully saturated rings. The highest BCUT2D eigenvalue weighted by Crippen LogP contribution is 2.35. The first-order valence-corrected chi connectivity index (χ1v) is 16.9. The molecule has 0 spiro atoms. The lowest BCUT2D eigenvalue weighted by Crippen LogP contribution is -2.06. The highest BCUT2D eigenvalue weighted by Gasteiger charge is 2.21. The van der Waals surface area contributed by atoms with Gasteiger partial charge in [-0.25, -0.2) is 0 Å². The molecule has 0 amide bonds. The normalized spacial score (nSPS) is 11.6. The second-order valence-electron chi connectivity index (χ2n) is 12.8. The molecule has 0 bridgehead atoms. The van der Waals surface area contributed by atoms with E-state index in [-0.39, 0.29) is 0 Å². The zero-order valence-electron chi connectivity index (χ0n) is 27.1. The van der Waals surface area contributed by atoms with E-state index in [2.05, 4.69) is 191 Å². The third-order valence-electron chi connectivity index (χ3n) is 9.86. The average molecular weight is 639 g/mol. The van der Waals surface area contributed by atoms with E-state index in [0.29, 0.717) is 0 Å². The van der Waals surface area contributed by atoms with Crippen LogP contribution in [0.3, 0.4) is 0 Å². The predicted molar refractivity (Wildman–Crippen MR) is 207 cm³/mol. The van der Waals surface area contributed by atoms with Crippen LogP contribution in [-0.4, -0.2) is 19.3 Å². The van der Waals surface area contributed by atoms with Gasteiger partial charge in [-0.1, -0.05) is 146 Å². The molecule has 10 aromatic rings. The number of benzene rings is 8. The van der Waals surface area contributed by atoms with Crippen molar-refractivity contribution in [1.82, 2.24) is 19.3 Å². The van der Waals surface area contributed by atoms with Crippen LogP contribution in [0.4, 0.5) is 0 Å². The number of para-hydroxylation sites is 2. The van der Waals surface area contributed by atoms with Crippen molar-refractivity contribution in [2.45, 2.75) is 0 Å². The van der Waals surface area contributed by atoms with Gasteiger partial charge < -0.3 is 0 Å². The lowest BCUT2D eigenvalue weighted by molar-refractivity contribution is 0.933. The Bertz CT molecular complexity index is 2800. The van der Waals surface area contributed by atoms with Crippen molar-refractivity contribution >= 4 is 43.4 Å². The first-order valence-electron chi connectivity index (χ1n) is 16.9. The van der Waals surface area contributed by atoms with Gasteiger partial charge in [0, 0.05) is 16.3 Å². The van der Waals surface area contributed by atoms with Crippen LogP contribution in [-0.2, 0) is 0 Å². The van der Waals surface area contributed by atoms with Crippen molar-refractivity contribution < 1.29 is 0 Å². The maximum Gasteiger partial charge on any atom is 0.241 e. The Balaban J connectivity index is 1.13. The van der Waals surface area contributed by atoms with Crippen LogP contribution in [0.25, 0.3) is 88.6 Å². The molecule has 0 atom stereocenters. The van der Waals surface area contributed by atoms with Gasteiger partial charge in [0.2, 0.25) is 5.95 Å². The molecular formula is C46H30N4. The molecule has 10 rings (SSSR count). The van der Waals surface area contributed by atoms with Crippen molar-refractivity contribution in [3.63, 3.8) is 0 Å². The van der Waals surface area contributed by atoms with Gasteiger partial charge >= 0.3 is 0 Å². The molecule has 8 aromatic carbocycles. The van der Waals surface area contributed by atoms with Crippen LogP contribution in [0, 0.1) is 0 Å². The SMILES string of the molecule is c1ccc2cc(-c3ccc(-c4nnc(-n5c6ccccc6c6ccccc65)n4-c4ccc(-c5ccc6ccccc6c5)cc4)cc3)ccc2c1. The molecule has 0 radical (unpaired) electrons. The molecule has 0 N–H and O–H groups in total. The average Bonchev–Trinajstić information content (AvgIpc) is 3.77. The van der Waals surface area contributed by atoms with Crippen LogP contribution >= 0.6 is 0 Å². The Kier molecular flexibility index (Phi) is 6.46. The molecule has 2 aromatic heterocycles. The molecule has 0 saturated carbocycles. The fraction of sp³-hybridized carbons (Fsp3) is 0. The van der Waals surface area contributed by atoms with Crippen molar-refractivity contribution in [3.05, 3.63) is 182 Å². The second-order valence-corrected chi connectivity index (χ2v) is 12.8. The minimum atomic E-state index is 0.745. The summed E-state index contributed by atoms with van der Waals surface area (Å²) in [5, 5.41) is 17.1. The van der Waals surface area contributed by atoms with E-state index in [1.807, 2.05) is 0 Å². The highest BCUT2D eigenvalue weighted by atomic mass is 15.4. The summed E-state index contributed by atoms with van der Waals surface area (Å²) in [4.78, 5) is 0. The molecule has 4 heteroatoms. The smallest absolute Gasteiger partial charge is 0.241 e. The van der Waals surface area contributed by atoms with Gasteiger partial charge in [-0.05, 0) is 80.2 Å². The van der Waals surface area contributed by atoms with Crippen LogP contribution in [0.15, 0.2) is 182 Å². The van der Waals surface area contributed by atoms with Gasteiger partial charge in [-0.3, -0.25) is 9.13 Å². The van der Waals surface area contributed by atoms with Gasteiger partial charge in [-0.15, -0.1) is 10.2 Å². The van der Waals surface area contributed by atoms with Crippen LogP contribution < -0.4 is 0 Å². The number of hydrogen-bond acceptors (Lipinski definition) is 2. The van der Waals surface area contributed by atoms with E-state index in [1.165, 1.54) is 43.4 Å². The molecule has 0 aliphatic rings. The number of hydrogen-bond donors (Lipinski definition) is 0.